The predicted octanol–water partition coefficient (Wildman–Crippen LogP) is 0.688. The number of carboxylic acids is 1. The molecule has 0 aliphatic carbocycles. The normalized spacial score (nSPS) is 27.8. The summed E-state index contributed by atoms with van der Waals surface area (Å²) >= 11 is 0. The summed E-state index contributed by atoms with van der Waals surface area (Å²) in [4.78, 5) is 21.5. The van der Waals surface area contributed by atoms with Gasteiger partial charge in [0.1, 0.15) is 11.9 Å². The van der Waals surface area contributed by atoms with E-state index in [-0.39, 0.29) is 24.4 Å². The molecule has 25 heavy (non-hydrogen) atoms. The molecule has 0 amide bonds. The number of hydrogen-bond acceptors (Lipinski definition) is 7. The Morgan fingerprint density at radius 1 is 1.16 bits per heavy atom. The average Bonchev–Trinajstić information content (AvgIpc) is 2.51. The summed E-state index contributed by atoms with van der Waals surface area (Å²) in [5, 5.41) is 29.8. The molecule has 146 valence electrons. The van der Waals surface area contributed by atoms with Gasteiger partial charge in [-0.3, -0.25) is 4.79 Å². The Balaban J connectivity index is 2.04. The molecule has 0 spiro atoms. The minimum Gasteiger partial charge on any atom is -0.550 e. The van der Waals surface area contributed by atoms with E-state index in [9.17, 15) is 24.9 Å². The van der Waals surface area contributed by atoms with Crippen LogP contribution in [0.5, 0.6) is 0 Å². The van der Waals surface area contributed by atoms with Crippen LogP contribution in [0.4, 0.5) is 0 Å². The fourth-order valence-electron chi connectivity index (χ4n) is 2.90. The number of carbonyl (C=O) groups excluding carboxylic acids is 2. The number of rotatable bonds is 12. The van der Waals surface area contributed by atoms with Gasteiger partial charge in [0.2, 0.25) is 0 Å². The number of Topliss-reactive ketones (excluding diaryl/α,β-unsaturated/α-hetero) is 1. The van der Waals surface area contributed by atoms with Gasteiger partial charge < -0.3 is 29.6 Å². The molecule has 0 aromatic rings. The molecule has 0 aromatic heterocycles. The number of carboxylic acid groups (broad SMARTS) is 1. The highest BCUT2D eigenvalue weighted by molar-refractivity contribution is 5.93. The van der Waals surface area contributed by atoms with Crippen molar-refractivity contribution in [3.63, 3.8) is 0 Å². The van der Waals surface area contributed by atoms with Crippen molar-refractivity contribution >= 4 is 11.8 Å². The van der Waals surface area contributed by atoms with Crippen molar-refractivity contribution in [2.45, 2.75) is 102 Å². The maximum absolute atomic E-state index is 11.2. The van der Waals surface area contributed by atoms with Gasteiger partial charge in [-0.05, 0) is 26.7 Å². The Bertz CT molecular complexity index is 412. The molecule has 1 heterocycles. The third-order valence-corrected chi connectivity index (χ3v) is 4.46. The van der Waals surface area contributed by atoms with E-state index in [0.29, 0.717) is 12.8 Å². The van der Waals surface area contributed by atoms with Gasteiger partial charge >= 0.3 is 0 Å². The van der Waals surface area contributed by atoms with Gasteiger partial charge in [-0.2, -0.15) is 0 Å². The lowest BCUT2D eigenvalue weighted by molar-refractivity contribution is -0.304. The van der Waals surface area contributed by atoms with Gasteiger partial charge in [0.05, 0.1) is 18.3 Å². The van der Waals surface area contributed by atoms with E-state index in [0.717, 1.165) is 32.1 Å². The monoisotopic (exact) mass is 359 g/mol. The molecule has 0 bridgehead atoms. The van der Waals surface area contributed by atoms with Gasteiger partial charge in [-0.1, -0.05) is 25.7 Å². The highest BCUT2D eigenvalue weighted by Crippen LogP contribution is 2.23. The minimum absolute atomic E-state index is 0.0493. The first-order valence-corrected chi connectivity index (χ1v) is 9.18. The van der Waals surface area contributed by atoms with Crippen LogP contribution in [0, 0.1) is 0 Å². The van der Waals surface area contributed by atoms with Gasteiger partial charge in [0.25, 0.3) is 0 Å². The van der Waals surface area contributed by atoms with E-state index >= 15 is 0 Å². The van der Waals surface area contributed by atoms with Crippen LogP contribution >= 0.6 is 0 Å². The van der Waals surface area contributed by atoms with Crippen LogP contribution in [0.15, 0.2) is 0 Å². The second-order valence-corrected chi connectivity index (χ2v) is 6.92. The second kappa shape index (κ2) is 11.6. The Morgan fingerprint density at radius 3 is 2.48 bits per heavy atom. The number of carbonyl (C=O) groups is 2. The highest BCUT2D eigenvalue weighted by Gasteiger charge is 2.35. The molecular weight excluding hydrogens is 328 g/mol. The molecule has 0 aromatic carbocycles. The third-order valence-electron chi connectivity index (χ3n) is 4.46. The quantitative estimate of drug-likeness (QED) is 0.389. The standard InChI is InChI=1S/C18H32O7/c1-12(24-18-16(21)11-15(20)13(2)25-18)8-6-4-3-5-7-9-14(19)10-17(22)23/h12-13,15-16,18,20-21H,3-11H2,1-2H3,(H,22,23)/p-1/t12-,13+,15-,16-,18-/m1/s1. The van der Waals surface area contributed by atoms with Crippen LogP contribution in [0.2, 0.25) is 0 Å². The Kier molecular flexibility index (Phi) is 10.2. The number of aliphatic hydroxyl groups is 2. The molecule has 0 radical (unpaired) electrons. The average molecular weight is 359 g/mol. The van der Waals surface area contributed by atoms with E-state index in [1.165, 1.54) is 0 Å². The second-order valence-electron chi connectivity index (χ2n) is 6.92. The van der Waals surface area contributed by atoms with Crippen LogP contribution in [0.3, 0.4) is 0 Å². The van der Waals surface area contributed by atoms with Crippen molar-refractivity contribution < 1.29 is 34.4 Å². The van der Waals surface area contributed by atoms with Crippen LogP contribution in [-0.2, 0) is 19.1 Å². The van der Waals surface area contributed by atoms with Crippen molar-refractivity contribution in [2.24, 2.45) is 0 Å². The Hall–Kier alpha value is -1.02. The van der Waals surface area contributed by atoms with Crippen molar-refractivity contribution in [2.75, 3.05) is 0 Å². The summed E-state index contributed by atoms with van der Waals surface area (Å²) in [5.74, 6) is -1.58. The first-order valence-electron chi connectivity index (χ1n) is 9.18. The van der Waals surface area contributed by atoms with Gasteiger partial charge in [0, 0.05) is 25.2 Å². The SMILES string of the molecule is C[C@H](CCCCCCCC(=O)CC(=O)[O-])O[C@@H]1O[C@@H](C)[C@H](O)C[C@H]1O. The molecule has 7 heteroatoms. The van der Waals surface area contributed by atoms with Crippen LogP contribution < -0.4 is 5.11 Å². The molecule has 0 unspecified atom stereocenters. The molecule has 1 fully saturated rings. The van der Waals surface area contributed by atoms with Crippen LogP contribution in [0.25, 0.3) is 0 Å². The van der Waals surface area contributed by atoms with Crippen molar-refractivity contribution in [3.05, 3.63) is 0 Å². The van der Waals surface area contributed by atoms with Gasteiger partial charge in [0.15, 0.2) is 6.29 Å². The van der Waals surface area contributed by atoms with E-state index < -0.39 is 30.9 Å². The fourth-order valence-corrected chi connectivity index (χ4v) is 2.90. The Labute approximate surface area is 149 Å². The van der Waals surface area contributed by atoms with Crippen molar-refractivity contribution in [1.82, 2.24) is 0 Å². The zero-order valence-electron chi connectivity index (χ0n) is 15.2. The molecule has 2 N–H and O–H groups in total. The summed E-state index contributed by atoms with van der Waals surface area (Å²) in [6.45, 7) is 3.69. The van der Waals surface area contributed by atoms with E-state index in [4.69, 9.17) is 9.47 Å². The zero-order chi connectivity index (χ0) is 18.8. The maximum atomic E-state index is 11.2. The summed E-state index contributed by atoms with van der Waals surface area (Å²) in [6, 6.07) is 0. The third kappa shape index (κ3) is 9.30. The number of aliphatic carboxylic acids is 1. The molecule has 1 rings (SSSR count). The lowest BCUT2D eigenvalue weighted by Gasteiger charge is -2.36. The van der Waals surface area contributed by atoms with Crippen molar-refractivity contribution in [3.8, 4) is 0 Å². The molecule has 7 nitrogen and oxygen atoms in total. The lowest BCUT2D eigenvalue weighted by atomic mass is 10.0. The first kappa shape index (κ1) is 22.0. The maximum Gasteiger partial charge on any atom is 0.184 e. The predicted molar refractivity (Wildman–Crippen MR) is 88.5 cm³/mol. The molecular formula is C18H31O7-. The number of hydrogen-bond donors (Lipinski definition) is 2. The number of ketones is 1. The van der Waals surface area contributed by atoms with Gasteiger partial charge in [-0.25, -0.2) is 0 Å². The summed E-state index contributed by atoms with van der Waals surface area (Å²) in [6.07, 6.45) is 2.91. The molecule has 1 aliphatic rings. The Morgan fingerprint density at radius 2 is 1.80 bits per heavy atom. The van der Waals surface area contributed by atoms with Crippen LogP contribution in [-0.4, -0.2) is 52.7 Å². The molecule has 1 saturated heterocycles. The summed E-state index contributed by atoms with van der Waals surface area (Å²) < 4.78 is 11.2. The van der Waals surface area contributed by atoms with E-state index in [1.54, 1.807) is 6.92 Å². The summed E-state index contributed by atoms with van der Waals surface area (Å²) in [7, 11) is 0. The number of unbranched alkanes of at least 4 members (excludes halogenated alkanes) is 4. The largest absolute Gasteiger partial charge is 0.550 e. The smallest absolute Gasteiger partial charge is 0.184 e. The van der Waals surface area contributed by atoms with E-state index in [2.05, 4.69) is 0 Å². The fraction of sp³-hybridized carbons (Fsp3) is 0.889. The minimum atomic E-state index is -1.31. The molecule has 5 atom stereocenters. The number of aliphatic hydroxyl groups excluding tert-OH is 2. The van der Waals surface area contributed by atoms with Gasteiger partial charge in [-0.15, -0.1) is 0 Å². The highest BCUT2D eigenvalue weighted by atomic mass is 16.7. The van der Waals surface area contributed by atoms with E-state index in [1.807, 2.05) is 6.92 Å². The molecule has 1 aliphatic heterocycles. The van der Waals surface area contributed by atoms with Crippen LogP contribution in [0.1, 0.15) is 71.6 Å². The topological polar surface area (TPSA) is 116 Å². The zero-order valence-corrected chi connectivity index (χ0v) is 15.2. The summed E-state index contributed by atoms with van der Waals surface area (Å²) in [5.41, 5.74) is 0. The van der Waals surface area contributed by atoms with Crippen molar-refractivity contribution in [1.29, 1.82) is 0 Å². The number of ether oxygens (including phenoxy) is 2. The first-order chi connectivity index (χ1) is 11.8. The molecule has 0 saturated carbocycles. The lowest BCUT2D eigenvalue weighted by Crippen LogP contribution is -2.48.